The van der Waals surface area contributed by atoms with Gasteiger partial charge in [-0.2, -0.15) is 5.10 Å². The maximum Gasteiger partial charge on any atom is 0.216 e. The summed E-state index contributed by atoms with van der Waals surface area (Å²) in [6.45, 7) is 8.08. The zero-order valence-electron chi connectivity index (χ0n) is 13.1. The van der Waals surface area contributed by atoms with Gasteiger partial charge in [-0.3, -0.25) is 4.90 Å². The summed E-state index contributed by atoms with van der Waals surface area (Å²) in [7, 11) is 5.70. The van der Waals surface area contributed by atoms with E-state index in [2.05, 4.69) is 30.9 Å². The van der Waals surface area contributed by atoms with Crippen LogP contribution in [-0.4, -0.2) is 41.9 Å². The van der Waals surface area contributed by atoms with Gasteiger partial charge in [0.2, 0.25) is 5.88 Å². The van der Waals surface area contributed by atoms with E-state index in [4.69, 9.17) is 10.5 Å². The maximum atomic E-state index is 5.98. The van der Waals surface area contributed by atoms with Crippen molar-refractivity contribution in [3.63, 3.8) is 0 Å². The molecule has 1 heterocycles. The predicted molar refractivity (Wildman–Crippen MR) is 78.4 cm³/mol. The molecule has 2 N–H and O–H groups in total. The molecule has 0 amide bonds. The molecule has 5 nitrogen and oxygen atoms in total. The average molecular weight is 268 g/mol. The molecule has 0 fully saturated rings. The molecule has 0 saturated carbocycles. The van der Waals surface area contributed by atoms with Gasteiger partial charge in [0.25, 0.3) is 0 Å². The third-order valence-electron chi connectivity index (χ3n) is 3.56. The molecule has 5 heteroatoms. The van der Waals surface area contributed by atoms with E-state index >= 15 is 0 Å². The van der Waals surface area contributed by atoms with Crippen molar-refractivity contribution in [1.29, 1.82) is 0 Å². The van der Waals surface area contributed by atoms with Gasteiger partial charge in [0.05, 0.1) is 24.4 Å². The molecule has 0 bridgehead atoms. The number of nitrogens with two attached hydrogens (primary N) is 1. The third kappa shape index (κ3) is 3.70. The Morgan fingerprint density at radius 1 is 1.42 bits per heavy atom. The molecular weight excluding hydrogens is 240 g/mol. The molecule has 1 unspecified atom stereocenters. The zero-order valence-corrected chi connectivity index (χ0v) is 13.1. The van der Waals surface area contributed by atoms with Gasteiger partial charge in [-0.05, 0) is 32.9 Å². The molecule has 0 saturated heterocycles. The van der Waals surface area contributed by atoms with E-state index in [9.17, 15) is 0 Å². The highest BCUT2D eigenvalue weighted by atomic mass is 16.5. The largest absolute Gasteiger partial charge is 0.481 e. The molecule has 0 aliphatic heterocycles. The van der Waals surface area contributed by atoms with Crippen molar-refractivity contribution >= 4 is 0 Å². The van der Waals surface area contributed by atoms with Crippen LogP contribution in [0.4, 0.5) is 0 Å². The van der Waals surface area contributed by atoms with Crippen LogP contribution in [0, 0.1) is 12.8 Å². The summed E-state index contributed by atoms with van der Waals surface area (Å²) in [5.41, 5.74) is 8.08. The highest BCUT2D eigenvalue weighted by Gasteiger charge is 2.25. The summed E-state index contributed by atoms with van der Waals surface area (Å²) in [5, 5.41) is 4.44. The molecule has 1 atom stereocenters. The smallest absolute Gasteiger partial charge is 0.216 e. The van der Waals surface area contributed by atoms with Crippen LogP contribution < -0.4 is 10.5 Å². The van der Waals surface area contributed by atoms with Gasteiger partial charge < -0.3 is 10.5 Å². The van der Waals surface area contributed by atoms with Crippen LogP contribution in [0.3, 0.4) is 0 Å². The molecule has 0 radical (unpaired) electrons. The minimum absolute atomic E-state index is 0.155. The zero-order chi connectivity index (χ0) is 14.6. The van der Waals surface area contributed by atoms with Crippen LogP contribution in [0.25, 0.3) is 0 Å². The molecule has 110 valence electrons. The average Bonchev–Trinajstić information content (AvgIpc) is 2.62. The second-order valence-electron chi connectivity index (χ2n) is 5.55. The summed E-state index contributed by atoms with van der Waals surface area (Å²) in [6.07, 6.45) is 1.16. The molecule has 19 heavy (non-hydrogen) atoms. The van der Waals surface area contributed by atoms with E-state index < -0.39 is 0 Å². The van der Waals surface area contributed by atoms with Crippen LogP contribution in [0.2, 0.25) is 0 Å². The molecular formula is C14H28N4O. The number of nitrogens with zero attached hydrogens (tertiary/aromatic N) is 3. The molecule has 1 aromatic heterocycles. The fourth-order valence-electron chi connectivity index (χ4n) is 2.41. The van der Waals surface area contributed by atoms with Gasteiger partial charge in [-0.25, -0.2) is 4.68 Å². The molecule has 0 aliphatic carbocycles. The first-order valence-electron chi connectivity index (χ1n) is 6.90. The quantitative estimate of drug-likeness (QED) is 0.818. The normalized spacial score (nSPS) is 13.3. The molecule has 0 spiro atoms. The number of rotatable bonds is 7. The van der Waals surface area contributed by atoms with Gasteiger partial charge in [-0.1, -0.05) is 13.8 Å². The first-order chi connectivity index (χ1) is 8.92. The van der Waals surface area contributed by atoms with Crippen LogP contribution >= 0.6 is 0 Å². The second-order valence-corrected chi connectivity index (χ2v) is 5.55. The van der Waals surface area contributed by atoms with Crippen molar-refractivity contribution in [3.05, 3.63) is 11.3 Å². The highest BCUT2D eigenvalue weighted by molar-refractivity contribution is 5.34. The molecule has 0 aliphatic rings. The van der Waals surface area contributed by atoms with Gasteiger partial charge in [-0.15, -0.1) is 0 Å². The van der Waals surface area contributed by atoms with Crippen molar-refractivity contribution in [3.8, 4) is 5.88 Å². The van der Waals surface area contributed by atoms with Gasteiger partial charge in [0, 0.05) is 13.6 Å². The lowest BCUT2D eigenvalue weighted by molar-refractivity contribution is 0.229. The number of ether oxygens (including phenoxy) is 1. The lowest BCUT2D eigenvalue weighted by atomic mass is 10.0. The Balaban J connectivity index is 2.96. The number of hydrogen-bond acceptors (Lipinski definition) is 4. The Morgan fingerprint density at radius 3 is 2.53 bits per heavy atom. The lowest BCUT2D eigenvalue weighted by Gasteiger charge is -2.28. The first-order valence-corrected chi connectivity index (χ1v) is 6.90. The summed E-state index contributed by atoms with van der Waals surface area (Å²) in [6, 6.07) is 0.155. The summed E-state index contributed by atoms with van der Waals surface area (Å²) in [5.74, 6) is 1.50. The molecule has 0 aromatic carbocycles. The Morgan fingerprint density at radius 2 is 2.05 bits per heavy atom. The molecule has 1 rings (SSSR count). The van der Waals surface area contributed by atoms with E-state index in [0.29, 0.717) is 12.5 Å². The lowest BCUT2D eigenvalue weighted by Crippen LogP contribution is -2.32. The SMILES string of the molecule is COc1c(C(CN)N(C)CCC(C)C)c(C)nn1C. The van der Waals surface area contributed by atoms with E-state index in [-0.39, 0.29) is 6.04 Å². The van der Waals surface area contributed by atoms with Crippen LogP contribution in [0.1, 0.15) is 37.6 Å². The number of aryl methyl sites for hydroxylation is 2. The number of methoxy groups -OCH3 is 1. The van der Waals surface area contributed by atoms with Gasteiger partial charge in [0.15, 0.2) is 0 Å². The first kappa shape index (κ1) is 16.0. The van der Waals surface area contributed by atoms with Crippen molar-refractivity contribution in [2.75, 3.05) is 27.2 Å². The van der Waals surface area contributed by atoms with E-state index in [1.807, 2.05) is 14.0 Å². The van der Waals surface area contributed by atoms with Crippen molar-refractivity contribution in [2.24, 2.45) is 18.7 Å². The van der Waals surface area contributed by atoms with Crippen molar-refractivity contribution in [2.45, 2.75) is 33.2 Å². The van der Waals surface area contributed by atoms with Gasteiger partial charge >= 0.3 is 0 Å². The Hall–Kier alpha value is -1.07. The number of hydrogen-bond donors (Lipinski definition) is 1. The Bertz CT molecular complexity index is 400. The monoisotopic (exact) mass is 268 g/mol. The number of aromatic nitrogens is 2. The van der Waals surface area contributed by atoms with Crippen LogP contribution in [-0.2, 0) is 7.05 Å². The molecule has 1 aromatic rings. The Labute approximate surface area is 116 Å². The summed E-state index contributed by atoms with van der Waals surface area (Å²) >= 11 is 0. The summed E-state index contributed by atoms with van der Waals surface area (Å²) < 4.78 is 7.26. The number of likely N-dealkylation sites (N-methyl/N-ethyl adjacent to an activating group) is 1. The minimum Gasteiger partial charge on any atom is -0.481 e. The van der Waals surface area contributed by atoms with Gasteiger partial charge in [0.1, 0.15) is 0 Å². The van der Waals surface area contributed by atoms with Crippen LogP contribution in [0.15, 0.2) is 0 Å². The van der Waals surface area contributed by atoms with E-state index in [0.717, 1.165) is 30.1 Å². The van der Waals surface area contributed by atoms with Crippen molar-refractivity contribution in [1.82, 2.24) is 14.7 Å². The van der Waals surface area contributed by atoms with E-state index in [1.165, 1.54) is 0 Å². The predicted octanol–water partition coefficient (Wildman–Crippen LogP) is 1.71. The third-order valence-corrected chi connectivity index (χ3v) is 3.56. The minimum atomic E-state index is 0.155. The fraction of sp³-hybridized carbons (Fsp3) is 0.786. The fourth-order valence-corrected chi connectivity index (χ4v) is 2.41. The topological polar surface area (TPSA) is 56.3 Å². The van der Waals surface area contributed by atoms with E-state index in [1.54, 1.807) is 11.8 Å². The maximum absolute atomic E-state index is 5.98. The van der Waals surface area contributed by atoms with Crippen molar-refractivity contribution < 1.29 is 4.74 Å². The standard InChI is InChI=1S/C14H28N4O/c1-10(2)7-8-17(4)12(9-15)13-11(3)16-18(5)14(13)19-6/h10,12H,7-9,15H2,1-6H3. The summed E-state index contributed by atoms with van der Waals surface area (Å²) in [4.78, 5) is 2.30. The second kappa shape index (κ2) is 6.91. The highest BCUT2D eigenvalue weighted by Crippen LogP contribution is 2.30. The Kier molecular flexibility index (Phi) is 5.82. The van der Waals surface area contributed by atoms with Crippen LogP contribution in [0.5, 0.6) is 5.88 Å².